The zero-order valence-corrected chi connectivity index (χ0v) is 20.9. The van der Waals surface area contributed by atoms with E-state index in [1.54, 1.807) is 24.3 Å². The molecular weight excluding hydrogens is 456 g/mol. The summed E-state index contributed by atoms with van der Waals surface area (Å²) in [7, 11) is -0.653. The minimum Gasteiger partial charge on any atom is -0.456 e. The van der Waals surface area contributed by atoms with E-state index in [2.05, 4.69) is 10.3 Å². The van der Waals surface area contributed by atoms with Crippen molar-refractivity contribution in [1.82, 2.24) is 19.2 Å². The minimum atomic E-state index is -3.60. The summed E-state index contributed by atoms with van der Waals surface area (Å²) in [4.78, 5) is 29.3. The number of benzene rings is 2. The lowest BCUT2D eigenvalue weighted by Crippen LogP contribution is -2.30. The van der Waals surface area contributed by atoms with E-state index >= 15 is 0 Å². The first-order chi connectivity index (χ1) is 16.0. The molecular formula is C24H30N4O5S. The van der Waals surface area contributed by atoms with Gasteiger partial charge in [-0.15, -0.1) is 0 Å². The maximum atomic E-state index is 12.5. The predicted molar refractivity (Wildman–Crippen MR) is 129 cm³/mol. The molecule has 0 radical (unpaired) electrons. The molecule has 1 N–H and O–H groups in total. The second-order valence-electron chi connectivity index (χ2n) is 8.34. The van der Waals surface area contributed by atoms with E-state index in [1.807, 2.05) is 31.4 Å². The van der Waals surface area contributed by atoms with E-state index in [9.17, 15) is 18.0 Å². The van der Waals surface area contributed by atoms with Gasteiger partial charge in [0.15, 0.2) is 0 Å². The molecule has 0 bridgehead atoms. The van der Waals surface area contributed by atoms with Crippen LogP contribution in [0.5, 0.6) is 0 Å². The maximum absolute atomic E-state index is 12.5. The summed E-state index contributed by atoms with van der Waals surface area (Å²) in [5, 5.41) is 2.58. The van der Waals surface area contributed by atoms with Crippen molar-refractivity contribution in [3.05, 3.63) is 58.9 Å². The third kappa shape index (κ3) is 5.63. The van der Waals surface area contributed by atoms with E-state index in [0.717, 1.165) is 27.4 Å². The molecule has 0 aliphatic heterocycles. The van der Waals surface area contributed by atoms with Crippen molar-refractivity contribution >= 4 is 32.9 Å². The number of nitrogens with zero attached hydrogens (tertiary/aromatic N) is 3. The van der Waals surface area contributed by atoms with Gasteiger partial charge in [0.25, 0.3) is 5.91 Å². The molecule has 0 fully saturated rings. The van der Waals surface area contributed by atoms with Gasteiger partial charge in [-0.1, -0.05) is 24.1 Å². The molecule has 2 aromatic carbocycles. The fourth-order valence-electron chi connectivity index (χ4n) is 3.67. The van der Waals surface area contributed by atoms with Crippen LogP contribution in [0.2, 0.25) is 0 Å². The summed E-state index contributed by atoms with van der Waals surface area (Å²) in [6, 6.07) is 10.3. The van der Waals surface area contributed by atoms with Crippen LogP contribution in [0, 0.1) is 13.8 Å². The summed E-state index contributed by atoms with van der Waals surface area (Å²) >= 11 is 0. The zero-order valence-electron chi connectivity index (χ0n) is 20.1. The number of hydrogen-bond acceptors (Lipinski definition) is 6. The number of amides is 1. The lowest BCUT2D eigenvalue weighted by Gasteiger charge is -2.11. The normalized spacial score (nSPS) is 11.7. The third-order valence-corrected chi connectivity index (χ3v) is 7.08. The highest BCUT2D eigenvalue weighted by Gasteiger charge is 2.20. The summed E-state index contributed by atoms with van der Waals surface area (Å²) < 4.78 is 33.3. The topological polar surface area (TPSA) is 111 Å². The maximum Gasteiger partial charge on any atom is 0.325 e. The van der Waals surface area contributed by atoms with Crippen LogP contribution in [-0.4, -0.2) is 54.8 Å². The van der Waals surface area contributed by atoms with Gasteiger partial charge in [-0.3, -0.25) is 9.59 Å². The Bertz CT molecular complexity index is 1310. The lowest BCUT2D eigenvalue weighted by molar-refractivity contribution is -0.144. The van der Waals surface area contributed by atoms with Crippen molar-refractivity contribution < 1.29 is 22.7 Å². The molecule has 0 aliphatic rings. The molecule has 0 atom stereocenters. The first-order valence-corrected chi connectivity index (χ1v) is 12.4. The van der Waals surface area contributed by atoms with Gasteiger partial charge in [0.1, 0.15) is 19.0 Å². The van der Waals surface area contributed by atoms with E-state index in [0.29, 0.717) is 23.4 Å². The van der Waals surface area contributed by atoms with Crippen molar-refractivity contribution in [2.24, 2.45) is 0 Å². The van der Waals surface area contributed by atoms with Gasteiger partial charge in [-0.25, -0.2) is 17.7 Å². The zero-order chi connectivity index (χ0) is 25.0. The molecule has 0 saturated carbocycles. The largest absolute Gasteiger partial charge is 0.456 e. The first-order valence-electron chi connectivity index (χ1n) is 11.0. The first kappa shape index (κ1) is 25.4. The molecule has 34 heavy (non-hydrogen) atoms. The molecule has 1 aromatic heterocycles. The Morgan fingerprint density at radius 2 is 1.76 bits per heavy atom. The van der Waals surface area contributed by atoms with E-state index in [4.69, 9.17) is 4.74 Å². The Kier molecular flexibility index (Phi) is 7.73. The standard InChI is InChI=1S/C24H30N4O5S/c1-6-9-28-21-8-7-19(34(31,32)27(4)5)13-20(21)26-22(28)15-33-23(29)14-25-24(30)18-11-16(2)10-17(3)12-18/h7-8,10-13H,6,9,14-15H2,1-5H3,(H,25,30). The Morgan fingerprint density at radius 1 is 1.09 bits per heavy atom. The highest BCUT2D eigenvalue weighted by molar-refractivity contribution is 7.89. The quantitative estimate of drug-likeness (QED) is 0.466. The molecule has 3 rings (SSSR count). The Balaban J connectivity index is 1.71. The number of esters is 1. The van der Waals surface area contributed by atoms with Crippen molar-refractivity contribution in [3.63, 3.8) is 0 Å². The van der Waals surface area contributed by atoms with Gasteiger partial charge in [-0.2, -0.15) is 0 Å². The van der Waals surface area contributed by atoms with Crippen LogP contribution in [0.3, 0.4) is 0 Å². The number of ether oxygens (including phenoxy) is 1. The second kappa shape index (κ2) is 10.4. The molecule has 0 spiro atoms. The van der Waals surface area contributed by atoms with Crippen molar-refractivity contribution in [2.75, 3.05) is 20.6 Å². The van der Waals surface area contributed by atoms with E-state index in [-0.39, 0.29) is 24.0 Å². The molecule has 182 valence electrons. The Morgan fingerprint density at radius 3 is 2.38 bits per heavy atom. The molecule has 0 saturated heterocycles. The van der Waals surface area contributed by atoms with Crippen LogP contribution < -0.4 is 5.32 Å². The van der Waals surface area contributed by atoms with Crippen molar-refractivity contribution in [1.29, 1.82) is 0 Å². The number of rotatable bonds is 9. The molecule has 1 amide bonds. The number of carbonyl (C=O) groups is 2. The van der Waals surface area contributed by atoms with Gasteiger partial charge in [0.05, 0.1) is 15.9 Å². The highest BCUT2D eigenvalue weighted by atomic mass is 32.2. The smallest absolute Gasteiger partial charge is 0.325 e. The molecule has 9 nitrogen and oxygen atoms in total. The molecule has 3 aromatic rings. The Labute approximate surface area is 199 Å². The number of hydrogen-bond donors (Lipinski definition) is 1. The monoisotopic (exact) mass is 486 g/mol. The minimum absolute atomic E-state index is 0.0945. The number of aryl methyl sites for hydroxylation is 3. The number of nitrogens with one attached hydrogen (secondary N) is 1. The fourth-order valence-corrected chi connectivity index (χ4v) is 4.59. The summed E-state index contributed by atoms with van der Waals surface area (Å²) in [5.41, 5.74) is 3.67. The van der Waals surface area contributed by atoms with Crippen LogP contribution in [0.25, 0.3) is 11.0 Å². The molecule has 0 aliphatic carbocycles. The van der Waals surface area contributed by atoms with Gasteiger partial charge >= 0.3 is 5.97 Å². The van der Waals surface area contributed by atoms with E-state index in [1.165, 1.54) is 20.2 Å². The number of fused-ring (bicyclic) bond motifs is 1. The summed E-state index contributed by atoms with van der Waals surface area (Å²) in [5.74, 6) is -0.439. The van der Waals surface area contributed by atoms with Crippen LogP contribution >= 0.6 is 0 Å². The van der Waals surface area contributed by atoms with Crippen LogP contribution in [-0.2, 0) is 32.7 Å². The van der Waals surface area contributed by atoms with Crippen molar-refractivity contribution in [3.8, 4) is 0 Å². The summed E-state index contributed by atoms with van der Waals surface area (Å²) in [6.07, 6.45) is 0.816. The third-order valence-electron chi connectivity index (χ3n) is 5.26. The van der Waals surface area contributed by atoms with Crippen LogP contribution in [0.4, 0.5) is 0 Å². The molecule has 1 heterocycles. The number of aromatic nitrogens is 2. The van der Waals surface area contributed by atoms with Crippen molar-refractivity contribution in [2.45, 2.75) is 45.2 Å². The van der Waals surface area contributed by atoms with Gasteiger partial charge in [0, 0.05) is 26.2 Å². The number of sulfonamides is 1. The Hall–Kier alpha value is -3.24. The molecule has 0 unspecified atom stereocenters. The average molecular weight is 487 g/mol. The van der Waals surface area contributed by atoms with Gasteiger partial charge in [0.2, 0.25) is 10.0 Å². The second-order valence-corrected chi connectivity index (χ2v) is 10.5. The van der Waals surface area contributed by atoms with E-state index < -0.39 is 16.0 Å². The lowest BCUT2D eigenvalue weighted by atomic mass is 10.1. The number of carbonyl (C=O) groups excluding carboxylic acids is 2. The average Bonchev–Trinajstić information content (AvgIpc) is 3.12. The van der Waals surface area contributed by atoms with Gasteiger partial charge < -0.3 is 14.6 Å². The van der Waals surface area contributed by atoms with Gasteiger partial charge in [-0.05, 0) is 50.6 Å². The summed E-state index contributed by atoms with van der Waals surface area (Å²) in [6.45, 7) is 6.08. The fraction of sp³-hybridized carbons (Fsp3) is 0.375. The number of imidazole rings is 1. The van der Waals surface area contributed by atoms with Crippen LogP contribution in [0.1, 0.15) is 40.7 Å². The van der Waals surface area contributed by atoms with Crippen LogP contribution in [0.15, 0.2) is 41.3 Å². The highest BCUT2D eigenvalue weighted by Crippen LogP contribution is 2.23. The SMILES string of the molecule is CCCn1c(COC(=O)CNC(=O)c2cc(C)cc(C)c2)nc2cc(S(=O)(=O)N(C)C)ccc21. The molecule has 10 heteroatoms. The predicted octanol–water partition coefficient (Wildman–Crippen LogP) is 2.79.